The summed E-state index contributed by atoms with van der Waals surface area (Å²) in [6, 6.07) is 6.20. The molecule has 1 aromatic rings. The number of piperidine rings is 1. The van der Waals surface area contributed by atoms with Crippen molar-refractivity contribution in [2.45, 2.75) is 25.4 Å². The summed E-state index contributed by atoms with van der Waals surface area (Å²) in [5, 5.41) is 12.1. The van der Waals surface area contributed by atoms with Crippen molar-refractivity contribution in [3.8, 4) is 0 Å². The van der Waals surface area contributed by atoms with Gasteiger partial charge in [0, 0.05) is 20.0 Å². The van der Waals surface area contributed by atoms with E-state index in [0.717, 1.165) is 4.90 Å². The number of benzene rings is 1. The monoisotopic (exact) mass is 276 g/mol. The van der Waals surface area contributed by atoms with Crippen LogP contribution in [0.1, 0.15) is 28.8 Å². The first-order chi connectivity index (χ1) is 9.50. The number of aromatic carboxylic acids is 1. The zero-order valence-corrected chi connectivity index (χ0v) is 11.1. The summed E-state index contributed by atoms with van der Waals surface area (Å²) in [5.41, 5.74) is 0.833. The van der Waals surface area contributed by atoms with Crippen LogP contribution in [0.25, 0.3) is 0 Å². The molecule has 1 unspecified atom stereocenters. The maximum atomic E-state index is 11.9. The smallest absolute Gasteiger partial charge is 0.336 e. The van der Waals surface area contributed by atoms with Crippen LogP contribution in [0.15, 0.2) is 24.3 Å². The van der Waals surface area contributed by atoms with Crippen molar-refractivity contribution in [2.75, 3.05) is 7.05 Å². The van der Waals surface area contributed by atoms with E-state index in [0.29, 0.717) is 18.4 Å². The molecule has 2 amide bonds. The molecule has 0 radical (unpaired) electrons. The van der Waals surface area contributed by atoms with E-state index in [1.165, 1.54) is 13.1 Å². The number of carbonyl (C=O) groups is 3. The molecule has 6 heteroatoms. The zero-order valence-electron chi connectivity index (χ0n) is 11.1. The summed E-state index contributed by atoms with van der Waals surface area (Å²) in [6.45, 7) is 0.279. The van der Waals surface area contributed by atoms with E-state index in [-0.39, 0.29) is 23.9 Å². The van der Waals surface area contributed by atoms with Crippen molar-refractivity contribution in [1.82, 2.24) is 10.2 Å². The minimum Gasteiger partial charge on any atom is -0.478 e. The molecule has 2 N–H and O–H groups in total. The van der Waals surface area contributed by atoms with Crippen molar-refractivity contribution in [3.63, 3.8) is 0 Å². The van der Waals surface area contributed by atoms with Crippen molar-refractivity contribution < 1.29 is 19.5 Å². The SMILES string of the molecule is CN1C(=O)CCC(NCc2ccccc2C(=O)O)C1=O. The van der Waals surface area contributed by atoms with Gasteiger partial charge in [0.2, 0.25) is 11.8 Å². The number of carboxylic acid groups (broad SMARTS) is 1. The highest BCUT2D eigenvalue weighted by Crippen LogP contribution is 2.14. The number of imide groups is 1. The summed E-state index contributed by atoms with van der Waals surface area (Å²) < 4.78 is 0. The number of nitrogens with zero attached hydrogens (tertiary/aromatic N) is 1. The molecular formula is C14H16N2O4. The van der Waals surface area contributed by atoms with E-state index < -0.39 is 12.0 Å². The topological polar surface area (TPSA) is 86.7 Å². The van der Waals surface area contributed by atoms with Gasteiger partial charge in [-0.1, -0.05) is 18.2 Å². The number of likely N-dealkylation sites (N-methyl/N-ethyl adjacent to an activating group) is 1. The van der Waals surface area contributed by atoms with Gasteiger partial charge >= 0.3 is 5.97 Å². The lowest BCUT2D eigenvalue weighted by Gasteiger charge is -2.28. The number of carboxylic acids is 1. The van der Waals surface area contributed by atoms with Crippen LogP contribution in [-0.2, 0) is 16.1 Å². The third kappa shape index (κ3) is 2.85. The number of carbonyl (C=O) groups excluding carboxylic acids is 2. The van der Waals surface area contributed by atoms with Crippen LogP contribution in [0.5, 0.6) is 0 Å². The Labute approximate surface area is 116 Å². The highest BCUT2D eigenvalue weighted by Gasteiger charge is 2.31. The molecule has 0 aliphatic carbocycles. The van der Waals surface area contributed by atoms with E-state index >= 15 is 0 Å². The second kappa shape index (κ2) is 5.83. The Morgan fingerprint density at radius 3 is 2.80 bits per heavy atom. The van der Waals surface area contributed by atoms with Gasteiger partial charge < -0.3 is 10.4 Å². The number of likely N-dealkylation sites (tertiary alicyclic amines) is 1. The predicted molar refractivity (Wildman–Crippen MR) is 71.0 cm³/mol. The number of hydrogen-bond donors (Lipinski definition) is 2. The fraction of sp³-hybridized carbons (Fsp3) is 0.357. The zero-order chi connectivity index (χ0) is 14.7. The van der Waals surface area contributed by atoms with Gasteiger partial charge in [-0.25, -0.2) is 4.79 Å². The molecule has 20 heavy (non-hydrogen) atoms. The first kappa shape index (κ1) is 14.2. The lowest BCUT2D eigenvalue weighted by molar-refractivity contribution is -0.148. The average molecular weight is 276 g/mol. The molecule has 1 atom stereocenters. The lowest BCUT2D eigenvalue weighted by atomic mass is 10.0. The Morgan fingerprint density at radius 2 is 2.10 bits per heavy atom. The van der Waals surface area contributed by atoms with Crippen LogP contribution in [0, 0.1) is 0 Å². The molecule has 1 aliphatic rings. The Kier molecular flexibility index (Phi) is 4.14. The Morgan fingerprint density at radius 1 is 1.40 bits per heavy atom. The second-order valence-electron chi connectivity index (χ2n) is 4.73. The summed E-state index contributed by atoms with van der Waals surface area (Å²) in [7, 11) is 1.46. The van der Waals surface area contributed by atoms with Crippen LogP contribution in [-0.4, -0.2) is 40.9 Å². The molecule has 1 heterocycles. The van der Waals surface area contributed by atoms with Gasteiger partial charge in [0.25, 0.3) is 0 Å². The van der Waals surface area contributed by atoms with Crippen molar-refractivity contribution in [3.05, 3.63) is 35.4 Å². The summed E-state index contributed by atoms with van der Waals surface area (Å²) in [4.78, 5) is 35.5. The van der Waals surface area contributed by atoms with E-state index in [1.807, 2.05) is 0 Å². The van der Waals surface area contributed by atoms with Crippen LogP contribution in [0.4, 0.5) is 0 Å². The highest BCUT2D eigenvalue weighted by atomic mass is 16.4. The van der Waals surface area contributed by atoms with Crippen molar-refractivity contribution in [1.29, 1.82) is 0 Å². The summed E-state index contributed by atoms with van der Waals surface area (Å²) in [5.74, 6) is -1.45. The largest absolute Gasteiger partial charge is 0.478 e. The van der Waals surface area contributed by atoms with E-state index in [9.17, 15) is 14.4 Å². The predicted octanol–water partition coefficient (Wildman–Crippen LogP) is 0.622. The van der Waals surface area contributed by atoms with E-state index in [1.54, 1.807) is 18.2 Å². The lowest BCUT2D eigenvalue weighted by Crippen LogP contribution is -2.51. The molecule has 1 saturated heterocycles. The van der Waals surface area contributed by atoms with Crippen molar-refractivity contribution >= 4 is 17.8 Å². The molecule has 0 saturated carbocycles. The van der Waals surface area contributed by atoms with Crippen LogP contribution in [0.3, 0.4) is 0 Å². The van der Waals surface area contributed by atoms with Crippen LogP contribution in [0.2, 0.25) is 0 Å². The van der Waals surface area contributed by atoms with Gasteiger partial charge in [-0.2, -0.15) is 0 Å². The van der Waals surface area contributed by atoms with Crippen LogP contribution >= 0.6 is 0 Å². The maximum Gasteiger partial charge on any atom is 0.336 e. The standard InChI is InChI=1S/C14H16N2O4/c1-16-12(17)7-6-11(13(16)18)15-8-9-4-2-3-5-10(9)14(19)20/h2-5,11,15H,6-8H2,1H3,(H,19,20). The molecule has 6 nitrogen and oxygen atoms in total. The first-order valence-corrected chi connectivity index (χ1v) is 6.35. The van der Waals surface area contributed by atoms with Gasteiger partial charge in [0.15, 0.2) is 0 Å². The molecule has 0 aromatic heterocycles. The van der Waals surface area contributed by atoms with Gasteiger partial charge in [-0.05, 0) is 18.1 Å². The van der Waals surface area contributed by atoms with Gasteiger partial charge in [0.1, 0.15) is 0 Å². The fourth-order valence-electron chi connectivity index (χ4n) is 2.22. The first-order valence-electron chi connectivity index (χ1n) is 6.35. The summed E-state index contributed by atoms with van der Waals surface area (Å²) in [6.07, 6.45) is 0.762. The van der Waals surface area contributed by atoms with Gasteiger partial charge in [0.05, 0.1) is 11.6 Å². The molecule has 0 spiro atoms. The quantitative estimate of drug-likeness (QED) is 0.787. The molecule has 1 fully saturated rings. The Hall–Kier alpha value is -2.21. The molecule has 1 aromatic carbocycles. The highest BCUT2D eigenvalue weighted by molar-refractivity contribution is 6.00. The van der Waals surface area contributed by atoms with Gasteiger partial charge in [-0.3, -0.25) is 14.5 Å². The molecule has 1 aliphatic heterocycles. The van der Waals surface area contributed by atoms with E-state index in [4.69, 9.17) is 5.11 Å². The molecular weight excluding hydrogens is 260 g/mol. The minimum atomic E-state index is -0.996. The summed E-state index contributed by atoms with van der Waals surface area (Å²) >= 11 is 0. The third-order valence-corrected chi connectivity index (χ3v) is 3.44. The van der Waals surface area contributed by atoms with E-state index in [2.05, 4.69) is 5.32 Å². The third-order valence-electron chi connectivity index (χ3n) is 3.44. The number of nitrogens with one attached hydrogen (secondary N) is 1. The molecule has 2 rings (SSSR count). The van der Waals surface area contributed by atoms with Gasteiger partial charge in [-0.15, -0.1) is 0 Å². The normalized spacial score (nSPS) is 19.2. The number of amides is 2. The van der Waals surface area contributed by atoms with Crippen molar-refractivity contribution in [2.24, 2.45) is 0 Å². The second-order valence-corrected chi connectivity index (χ2v) is 4.73. The molecule has 0 bridgehead atoms. The average Bonchev–Trinajstić information content (AvgIpc) is 2.44. The number of hydrogen-bond acceptors (Lipinski definition) is 4. The maximum absolute atomic E-state index is 11.9. The molecule has 106 valence electrons. The minimum absolute atomic E-state index is 0.181. The Balaban J connectivity index is 2.04. The fourth-order valence-corrected chi connectivity index (χ4v) is 2.22. The Bertz CT molecular complexity index is 556. The van der Waals surface area contributed by atoms with Crippen LogP contribution < -0.4 is 5.32 Å². The number of rotatable bonds is 4.